The molecule has 0 radical (unpaired) electrons. The van der Waals surface area contributed by atoms with E-state index < -0.39 is 0 Å². The third kappa shape index (κ3) is 3.44. The van der Waals surface area contributed by atoms with E-state index in [4.69, 9.17) is 4.74 Å². The lowest BCUT2D eigenvalue weighted by Crippen LogP contribution is -2.53. The van der Waals surface area contributed by atoms with Gasteiger partial charge in [-0.15, -0.1) is 0 Å². The van der Waals surface area contributed by atoms with E-state index in [-0.39, 0.29) is 12.1 Å². The first kappa shape index (κ1) is 17.3. The molecule has 0 unspecified atom stereocenters. The molecule has 0 heterocycles. The Labute approximate surface area is 145 Å². The summed E-state index contributed by atoms with van der Waals surface area (Å²) < 4.78 is 5.26. The van der Waals surface area contributed by atoms with Crippen LogP contribution in [0, 0.1) is 16.7 Å². The number of nitrogens with one attached hydrogen (secondary N) is 2. The summed E-state index contributed by atoms with van der Waals surface area (Å²) >= 11 is 0. The van der Waals surface area contributed by atoms with Gasteiger partial charge < -0.3 is 15.4 Å². The number of ether oxygens (including phenoxy) is 1. The Hall–Kier alpha value is -1.55. The molecule has 2 aliphatic carbocycles. The van der Waals surface area contributed by atoms with Gasteiger partial charge in [0.15, 0.2) is 0 Å². The summed E-state index contributed by atoms with van der Waals surface area (Å²) in [5.74, 6) is 0.743. The van der Waals surface area contributed by atoms with Crippen LogP contribution in [-0.2, 0) is 11.3 Å². The van der Waals surface area contributed by atoms with Crippen molar-refractivity contribution in [2.45, 2.75) is 59.2 Å². The van der Waals surface area contributed by atoms with Gasteiger partial charge in [-0.3, -0.25) is 0 Å². The van der Waals surface area contributed by atoms with Gasteiger partial charge in [-0.25, -0.2) is 4.79 Å². The lowest BCUT2D eigenvalue weighted by molar-refractivity contribution is 0.125. The van der Waals surface area contributed by atoms with Gasteiger partial charge in [-0.2, -0.15) is 0 Å². The first-order valence-corrected chi connectivity index (χ1v) is 9.01. The minimum absolute atomic E-state index is 0.242. The summed E-state index contributed by atoms with van der Waals surface area (Å²) in [6.07, 6.45) is 1.67. The predicted molar refractivity (Wildman–Crippen MR) is 95.6 cm³/mol. The molecular weight excluding hydrogens is 300 g/mol. The van der Waals surface area contributed by atoms with E-state index in [1.54, 1.807) is 0 Å². The van der Waals surface area contributed by atoms with E-state index >= 15 is 0 Å². The highest BCUT2D eigenvalue weighted by molar-refractivity contribution is 5.67. The summed E-state index contributed by atoms with van der Waals surface area (Å²) in [6.45, 7) is 10.8. The van der Waals surface area contributed by atoms with Crippen LogP contribution < -0.4 is 10.6 Å². The van der Waals surface area contributed by atoms with Crippen molar-refractivity contribution in [2.24, 2.45) is 16.7 Å². The van der Waals surface area contributed by atoms with Crippen molar-refractivity contribution in [2.75, 3.05) is 6.54 Å². The summed E-state index contributed by atoms with van der Waals surface area (Å²) in [5.41, 5.74) is 1.88. The van der Waals surface area contributed by atoms with Crippen LogP contribution in [0.4, 0.5) is 4.79 Å². The minimum Gasteiger partial charge on any atom is -0.445 e. The third-order valence-corrected chi connectivity index (χ3v) is 6.60. The van der Waals surface area contributed by atoms with Crippen LogP contribution in [0.15, 0.2) is 30.3 Å². The number of benzene rings is 1. The summed E-state index contributed by atoms with van der Waals surface area (Å²) in [4.78, 5) is 11.8. The maximum atomic E-state index is 11.8. The Morgan fingerprint density at radius 1 is 1.08 bits per heavy atom. The zero-order chi connectivity index (χ0) is 17.4. The zero-order valence-electron chi connectivity index (χ0n) is 15.3. The van der Waals surface area contributed by atoms with Crippen LogP contribution in [-0.4, -0.2) is 24.7 Å². The van der Waals surface area contributed by atoms with Crippen LogP contribution in [0.25, 0.3) is 0 Å². The van der Waals surface area contributed by atoms with Crippen LogP contribution in [0.2, 0.25) is 0 Å². The Balaban J connectivity index is 1.29. The molecule has 24 heavy (non-hydrogen) atoms. The van der Waals surface area contributed by atoms with E-state index in [1.165, 1.54) is 0 Å². The molecule has 132 valence electrons. The first-order valence-electron chi connectivity index (χ1n) is 9.01. The van der Waals surface area contributed by atoms with Crippen molar-refractivity contribution in [3.05, 3.63) is 35.9 Å². The molecule has 0 atom stereocenters. The molecule has 0 aromatic heterocycles. The number of amides is 1. The Kier molecular flexibility index (Phi) is 4.60. The number of hydrogen-bond donors (Lipinski definition) is 2. The van der Waals surface area contributed by atoms with E-state index in [1.807, 2.05) is 30.3 Å². The molecule has 2 N–H and O–H groups in total. The molecule has 3 rings (SSSR count). The molecule has 2 saturated carbocycles. The van der Waals surface area contributed by atoms with Crippen molar-refractivity contribution < 1.29 is 9.53 Å². The topological polar surface area (TPSA) is 50.4 Å². The zero-order valence-corrected chi connectivity index (χ0v) is 15.3. The molecule has 2 fully saturated rings. The lowest BCUT2D eigenvalue weighted by Gasteiger charge is -2.36. The largest absolute Gasteiger partial charge is 0.445 e. The quantitative estimate of drug-likeness (QED) is 0.836. The molecule has 0 saturated heterocycles. The van der Waals surface area contributed by atoms with Crippen molar-refractivity contribution in [3.63, 3.8) is 0 Å². The van der Waals surface area contributed by atoms with Gasteiger partial charge in [0.2, 0.25) is 0 Å². The standard InChI is InChI=1S/C20H30N2O2/c1-19(2)17(20(19,3)4)12-21-15-10-16(11-15)22-18(23)24-13-14-8-6-5-7-9-14/h5-9,15-17,21H,10-13H2,1-4H3,(H,22,23). The maximum Gasteiger partial charge on any atom is 0.407 e. The fourth-order valence-corrected chi connectivity index (χ4v) is 3.96. The van der Waals surface area contributed by atoms with E-state index in [0.717, 1.165) is 30.9 Å². The van der Waals surface area contributed by atoms with Crippen molar-refractivity contribution in [3.8, 4) is 0 Å². The number of carbonyl (C=O) groups excluding carboxylic acids is 1. The SMILES string of the molecule is CC1(C)C(CNC2CC(NC(=O)OCc3ccccc3)C2)C1(C)C. The highest BCUT2D eigenvalue weighted by Crippen LogP contribution is 2.68. The van der Waals surface area contributed by atoms with Gasteiger partial charge in [0, 0.05) is 12.1 Å². The van der Waals surface area contributed by atoms with Gasteiger partial charge in [0.25, 0.3) is 0 Å². The van der Waals surface area contributed by atoms with Crippen LogP contribution in [0.1, 0.15) is 46.1 Å². The second kappa shape index (κ2) is 6.40. The van der Waals surface area contributed by atoms with Gasteiger partial charge >= 0.3 is 6.09 Å². The highest BCUT2D eigenvalue weighted by Gasteiger charge is 2.64. The maximum absolute atomic E-state index is 11.8. The van der Waals surface area contributed by atoms with Gasteiger partial charge in [0.1, 0.15) is 6.61 Å². The lowest BCUT2D eigenvalue weighted by atomic mass is 9.86. The second-order valence-corrected chi connectivity index (χ2v) is 8.48. The van der Waals surface area contributed by atoms with Gasteiger partial charge in [-0.1, -0.05) is 58.0 Å². The minimum atomic E-state index is -0.313. The molecule has 0 bridgehead atoms. The van der Waals surface area contributed by atoms with Crippen molar-refractivity contribution in [1.29, 1.82) is 0 Å². The molecular formula is C20H30N2O2. The number of carbonyl (C=O) groups is 1. The molecule has 0 spiro atoms. The normalized spacial score (nSPS) is 27.2. The fraction of sp³-hybridized carbons (Fsp3) is 0.650. The van der Waals surface area contributed by atoms with Crippen molar-refractivity contribution >= 4 is 6.09 Å². The fourth-order valence-electron chi connectivity index (χ4n) is 3.96. The average Bonchev–Trinajstić information content (AvgIpc) is 2.90. The van der Waals surface area contributed by atoms with Crippen LogP contribution >= 0.6 is 0 Å². The molecule has 4 nitrogen and oxygen atoms in total. The van der Waals surface area contributed by atoms with Gasteiger partial charge in [0.05, 0.1) is 0 Å². The predicted octanol–water partition coefficient (Wildman–Crippen LogP) is 3.72. The highest BCUT2D eigenvalue weighted by atomic mass is 16.5. The molecule has 2 aliphatic rings. The number of alkyl carbamates (subject to hydrolysis) is 1. The molecule has 4 heteroatoms. The number of rotatable bonds is 6. The number of hydrogen-bond acceptors (Lipinski definition) is 3. The second-order valence-electron chi connectivity index (χ2n) is 8.48. The first-order chi connectivity index (χ1) is 11.3. The average molecular weight is 330 g/mol. The Morgan fingerprint density at radius 2 is 1.71 bits per heavy atom. The molecule has 1 amide bonds. The van der Waals surface area contributed by atoms with E-state index in [2.05, 4.69) is 38.3 Å². The van der Waals surface area contributed by atoms with Crippen LogP contribution in [0.3, 0.4) is 0 Å². The van der Waals surface area contributed by atoms with Crippen molar-refractivity contribution in [1.82, 2.24) is 10.6 Å². The molecule has 1 aromatic rings. The smallest absolute Gasteiger partial charge is 0.407 e. The van der Waals surface area contributed by atoms with Gasteiger partial charge in [-0.05, 0) is 41.7 Å². The molecule has 0 aliphatic heterocycles. The van der Waals surface area contributed by atoms with E-state index in [0.29, 0.717) is 23.5 Å². The summed E-state index contributed by atoms with van der Waals surface area (Å²) in [5, 5.41) is 6.61. The van der Waals surface area contributed by atoms with E-state index in [9.17, 15) is 4.79 Å². The summed E-state index contributed by atoms with van der Waals surface area (Å²) in [6, 6.07) is 10.5. The Bertz CT molecular complexity index is 563. The van der Waals surface area contributed by atoms with Crippen LogP contribution in [0.5, 0.6) is 0 Å². The third-order valence-electron chi connectivity index (χ3n) is 6.60. The monoisotopic (exact) mass is 330 g/mol. The Morgan fingerprint density at radius 3 is 2.29 bits per heavy atom. The molecule has 1 aromatic carbocycles. The summed E-state index contributed by atoms with van der Waals surface area (Å²) in [7, 11) is 0.